The van der Waals surface area contributed by atoms with Crippen molar-refractivity contribution < 1.29 is 14.3 Å². The van der Waals surface area contributed by atoms with Crippen LogP contribution in [0.2, 0.25) is 0 Å². The Morgan fingerprint density at radius 3 is 2.42 bits per heavy atom. The summed E-state index contributed by atoms with van der Waals surface area (Å²) in [4.78, 5) is 23.6. The quantitative estimate of drug-likeness (QED) is 0.511. The zero-order chi connectivity index (χ0) is 18.8. The number of amides is 1. The molecule has 0 aliphatic rings. The number of hydrogen-bond acceptors (Lipinski definition) is 4. The topological polar surface area (TPSA) is 67.4 Å². The Balaban J connectivity index is 1.64. The van der Waals surface area contributed by atoms with E-state index in [-0.39, 0.29) is 23.9 Å². The molecule has 0 atom stereocenters. The van der Waals surface area contributed by atoms with Gasteiger partial charge in [0.05, 0.1) is 18.7 Å². The lowest BCUT2D eigenvalue weighted by atomic mass is 10.2. The van der Waals surface area contributed by atoms with E-state index in [0.717, 1.165) is 15.7 Å². The number of carbonyl (C=O) groups is 2. The molecule has 0 fully saturated rings. The van der Waals surface area contributed by atoms with Gasteiger partial charge in [-0.15, -0.1) is 0 Å². The molecule has 136 valence electrons. The van der Waals surface area contributed by atoms with E-state index in [2.05, 4.69) is 26.6 Å². The average Bonchev–Trinajstić information content (AvgIpc) is 2.63. The van der Waals surface area contributed by atoms with Crippen LogP contribution in [0.15, 0.2) is 59.1 Å². The third-order valence-corrected chi connectivity index (χ3v) is 4.32. The van der Waals surface area contributed by atoms with Gasteiger partial charge in [0.15, 0.2) is 5.11 Å². The van der Waals surface area contributed by atoms with Crippen molar-refractivity contribution in [2.24, 2.45) is 0 Å². The van der Waals surface area contributed by atoms with Crippen LogP contribution in [0.1, 0.15) is 18.4 Å². The molecule has 0 radical (unpaired) electrons. The Kier molecular flexibility index (Phi) is 8.24. The van der Waals surface area contributed by atoms with Crippen molar-refractivity contribution in [2.45, 2.75) is 19.3 Å². The fraction of sp³-hybridized carbons (Fsp3) is 0.211. The maximum atomic E-state index is 11.9. The van der Waals surface area contributed by atoms with Crippen molar-refractivity contribution in [1.29, 1.82) is 0 Å². The maximum absolute atomic E-state index is 11.9. The van der Waals surface area contributed by atoms with Gasteiger partial charge < -0.3 is 15.4 Å². The third-order valence-electron chi connectivity index (χ3n) is 3.43. The standard InChI is InChI=1S/C19H19BrN2O3S/c20-15-8-4-5-9-16(15)21-19(26)22-17(23)10-11-18(24)25-13-12-14-6-2-1-3-7-14/h1-9H,10-13H2,(H2,21,22,23,26). The lowest BCUT2D eigenvalue weighted by Crippen LogP contribution is -2.34. The molecule has 0 saturated heterocycles. The van der Waals surface area contributed by atoms with Crippen LogP contribution in [0.4, 0.5) is 5.69 Å². The molecule has 0 aromatic heterocycles. The fourth-order valence-corrected chi connectivity index (χ4v) is 2.73. The van der Waals surface area contributed by atoms with Crippen molar-refractivity contribution in [3.8, 4) is 0 Å². The van der Waals surface area contributed by atoms with E-state index in [0.29, 0.717) is 13.0 Å². The molecule has 2 aromatic rings. The van der Waals surface area contributed by atoms with E-state index in [9.17, 15) is 9.59 Å². The highest BCUT2D eigenvalue weighted by Gasteiger charge is 2.10. The first kappa shape index (κ1) is 20.1. The second-order valence-electron chi connectivity index (χ2n) is 5.44. The van der Waals surface area contributed by atoms with Gasteiger partial charge in [0.2, 0.25) is 5.91 Å². The summed E-state index contributed by atoms with van der Waals surface area (Å²) in [5, 5.41) is 5.64. The Morgan fingerprint density at radius 2 is 1.69 bits per heavy atom. The average molecular weight is 435 g/mol. The first-order valence-corrected chi connectivity index (χ1v) is 9.29. The second-order valence-corrected chi connectivity index (χ2v) is 6.70. The molecule has 1 amide bonds. The Hall–Kier alpha value is -2.25. The van der Waals surface area contributed by atoms with E-state index >= 15 is 0 Å². The normalized spacial score (nSPS) is 10.0. The van der Waals surface area contributed by atoms with Crippen LogP contribution in [0.25, 0.3) is 0 Å². The summed E-state index contributed by atoms with van der Waals surface area (Å²) in [6.07, 6.45) is 0.680. The van der Waals surface area contributed by atoms with Crippen LogP contribution in [-0.2, 0) is 20.7 Å². The summed E-state index contributed by atoms with van der Waals surface area (Å²) < 4.78 is 5.97. The Bertz CT molecular complexity index is 768. The minimum Gasteiger partial charge on any atom is -0.465 e. The molecule has 0 saturated carbocycles. The zero-order valence-electron chi connectivity index (χ0n) is 14.0. The van der Waals surface area contributed by atoms with Crippen LogP contribution in [0.5, 0.6) is 0 Å². The molecule has 0 heterocycles. The van der Waals surface area contributed by atoms with E-state index in [4.69, 9.17) is 17.0 Å². The van der Waals surface area contributed by atoms with Crippen molar-refractivity contribution in [3.05, 3.63) is 64.6 Å². The Morgan fingerprint density at radius 1 is 1.00 bits per heavy atom. The first-order valence-electron chi connectivity index (χ1n) is 8.09. The first-order chi connectivity index (χ1) is 12.5. The highest BCUT2D eigenvalue weighted by molar-refractivity contribution is 9.10. The van der Waals surface area contributed by atoms with E-state index < -0.39 is 5.97 Å². The number of para-hydroxylation sites is 1. The van der Waals surface area contributed by atoms with Gasteiger partial charge in [-0.05, 0) is 45.8 Å². The number of anilines is 1. The van der Waals surface area contributed by atoms with Gasteiger partial charge in [-0.2, -0.15) is 0 Å². The summed E-state index contributed by atoms with van der Waals surface area (Å²) in [6, 6.07) is 17.2. The second kappa shape index (κ2) is 10.7. The van der Waals surface area contributed by atoms with Gasteiger partial charge in [0.25, 0.3) is 0 Å². The van der Waals surface area contributed by atoms with Crippen LogP contribution < -0.4 is 10.6 Å². The summed E-state index contributed by atoms with van der Waals surface area (Å²) in [7, 11) is 0. The number of esters is 1. The zero-order valence-corrected chi connectivity index (χ0v) is 16.4. The molecule has 0 aliphatic carbocycles. The molecule has 2 rings (SSSR count). The highest BCUT2D eigenvalue weighted by atomic mass is 79.9. The summed E-state index contributed by atoms with van der Waals surface area (Å²) in [5.74, 6) is -0.740. The molecule has 2 N–H and O–H groups in total. The van der Waals surface area contributed by atoms with Crippen LogP contribution >= 0.6 is 28.1 Å². The predicted molar refractivity (Wildman–Crippen MR) is 109 cm³/mol. The number of benzene rings is 2. The number of halogens is 1. The number of rotatable bonds is 7. The predicted octanol–water partition coefficient (Wildman–Crippen LogP) is 3.83. The van der Waals surface area contributed by atoms with Crippen molar-refractivity contribution in [3.63, 3.8) is 0 Å². The number of thiocarbonyl (C=S) groups is 1. The molecule has 2 aromatic carbocycles. The molecule has 5 nitrogen and oxygen atoms in total. The van der Waals surface area contributed by atoms with Gasteiger partial charge in [-0.3, -0.25) is 9.59 Å². The largest absolute Gasteiger partial charge is 0.465 e. The molecule has 0 bridgehead atoms. The Labute approximate surface area is 166 Å². The maximum Gasteiger partial charge on any atom is 0.306 e. The van der Waals surface area contributed by atoms with Crippen LogP contribution in [0, 0.1) is 0 Å². The van der Waals surface area contributed by atoms with E-state index in [1.807, 2.05) is 54.6 Å². The summed E-state index contributed by atoms with van der Waals surface area (Å²) in [6.45, 7) is 0.298. The van der Waals surface area contributed by atoms with Crippen molar-refractivity contribution in [2.75, 3.05) is 11.9 Å². The summed E-state index contributed by atoms with van der Waals surface area (Å²) in [5.41, 5.74) is 1.85. The smallest absolute Gasteiger partial charge is 0.306 e. The molecule has 0 unspecified atom stereocenters. The molecular formula is C19H19BrN2O3S. The van der Waals surface area contributed by atoms with Crippen LogP contribution in [-0.4, -0.2) is 23.6 Å². The number of nitrogens with one attached hydrogen (secondary N) is 2. The van der Waals surface area contributed by atoms with Crippen molar-refractivity contribution in [1.82, 2.24) is 5.32 Å². The molecule has 7 heteroatoms. The van der Waals surface area contributed by atoms with E-state index in [1.165, 1.54) is 0 Å². The molecule has 26 heavy (non-hydrogen) atoms. The minimum atomic E-state index is -0.402. The van der Waals surface area contributed by atoms with Gasteiger partial charge >= 0.3 is 5.97 Å². The lowest BCUT2D eigenvalue weighted by molar-refractivity contribution is -0.144. The molecule has 0 spiro atoms. The third kappa shape index (κ3) is 7.33. The number of carbonyl (C=O) groups excluding carboxylic acids is 2. The molecule has 0 aliphatic heterocycles. The van der Waals surface area contributed by atoms with Crippen molar-refractivity contribution >= 4 is 50.8 Å². The highest BCUT2D eigenvalue weighted by Crippen LogP contribution is 2.20. The van der Waals surface area contributed by atoms with Crippen LogP contribution in [0.3, 0.4) is 0 Å². The fourth-order valence-electron chi connectivity index (χ4n) is 2.12. The van der Waals surface area contributed by atoms with Gasteiger partial charge in [-0.1, -0.05) is 42.5 Å². The summed E-state index contributed by atoms with van der Waals surface area (Å²) >= 11 is 8.48. The monoisotopic (exact) mass is 434 g/mol. The number of ether oxygens (including phenoxy) is 1. The minimum absolute atomic E-state index is 0.0122. The van der Waals surface area contributed by atoms with Gasteiger partial charge in [0, 0.05) is 17.3 Å². The lowest BCUT2D eigenvalue weighted by Gasteiger charge is -2.10. The van der Waals surface area contributed by atoms with Gasteiger partial charge in [0.1, 0.15) is 0 Å². The van der Waals surface area contributed by atoms with E-state index in [1.54, 1.807) is 0 Å². The molecular weight excluding hydrogens is 416 g/mol. The SMILES string of the molecule is O=C(CCC(=O)OCCc1ccccc1)NC(=S)Nc1ccccc1Br. The van der Waals surface area contributed by atoms with Gasteiger partial charge in [-0.25, -0.2) is 0 Å². The number of hydrogen-bond donors (Lipinski definition) is 2.